The molecular formula is C23H26F3N5O2. The maximum Gasteiger partial charge on any atom is 0.416 e. The number of nitrogens with one attached hydrogen (secondary N) is 1. The molecule has 33 heavy (non-hydrogen) atoms. The first kappa shape index (κ1) is 23.2. The van der Waals surface area contributed by atoms with Gasteiger partial charge in [-0.1, -0.05) is 12.1 Å². The van der Waals surface area contributed by atoms with Crippen molar-refractivity contribution in [2.75, 3.05) is 36.6 Å². The van der Waals surface area contributed by atoms with Crippen LogP contribution in [0.25, 0.3) is 10.9 Å². The first-order chi connectivity index (χ1) is 15.7. The van der Waals surface area contributed by atoms with E-state index in [9.17, 15) is 18.3 Å². The third-order valence-corrected chi connectivity index (χ3v) is 6.04. The normalized spacial score (nSPS) is 17.9. The van der Waals surface area contributed by atoms with E-state index < -0.39 is 17.8 Å². The Hall–Kier alpha value is -2.98. The van der Waals surface area contributed by atoms with E-state index in [1.54, 1.807) is 26.1 Å². The molecule has 0 spiro atoms. The number of alkyl halides is 3. The van der Waals surface area contributed by atoms with Crippen LogP contribution in [0.4, 0.5) is 24.7 Å². The van der Waals surface area contributed by atoms with E-state index >= 15 is 0 Å². The topological polar surface area (TPSA) is 83.4 Å². The predicted molar refractivity (Wildman–Crippen MR) is 119 cm³/mol. The van der Waals surface area contributed by atoms with E-state index in [-0.39, 0.29) is 18.2 Å². The van der Waals surface area contributed by atoms with Crippen LogP contribution in [-0.4, -0.2) is 52.7 Å². The summed E-state index contributed by atoms with van der Waals surface area (Å²) in [6.45, 7) is 6.58. The lowest BCUT2D eigenvalue weighted by atomic mass is 9.97. The van der Waals surface area contributed by atoms with Crippen molar-refractivity contribution in [1.29, 1.82) is 0 Å². The lowest BCUT2D eigenvalue weighted by Gasteiger charge is -2.36. The van der Waals surface area contributed by atoms with Crippen molar-refractivity contribution in [3.63, 3.8) is 0 Å². The summed E-state index contributed by atoms with van der Waals surface area (Å²) < 4.78 is 45.6. The zero-order valence-corrected chi connectivity index (χ0v) is 18.6. The van der Waals surface area contributed by atoms with E-state index in [4.69, 9.17) is 4.74 Å². The van der Waals surface area contributed by atoms with Crippen LogP contribution < -0.4 is 10.2 Å². The van der Waals surface area contributed by atoms with Crippen molar-refractivity contribution in [2.24, 2.45) is 0 Å². The second-order valence-corrected chi connectivity index (χ2v) is 8.21. The number of rotatable bonds is 5. The summed E-state index contributed by atoms with van der Waals surface area (Å²) in [5.74, 6) is 0.433. The molecule has 1 saturated heterocycles. The first-order valence-electron chi connectivity index (χ1n) is 10.7. The van der Waals surface area contributed by atoms with Crippen LogP contribution in [-0.2, 0) is 10.9 Å². The smallest absolute Gasteiger partial charge is 0.394 e. The van der Waals surface area contributed by atoms with Gasteiger partial charge in [0.15, 0.2) is 5.82 Å². The Kier molecular flexibility index (Phi) is 6.40. The molecule has 0 aliphatic carbocycles. The van der Waals surface area contributed by atoms with Gasteiger partial charge in [-0.05, 0) is 44.0 Å². The van der Waals surface area contributed by atoms with Crippen molar-refractivity contribution in [3.8, 4) is 0 Å². The number of nitrogens with zero attached hydrogens (tertiary/aromatic N) is 4. The van der Waals surface area contributed by atoms with Crippen LogP contribution >= 0.6 is 0 Å². The molecule has 176 valence electrons. The van der Waals surface area contributed by atoms with E-state index in [1.165, 1.54) is 13.0 Å². The Balaban J connectivity index is 1.72. The molecule has 1 aliphatic rings. The molecule has 1 aromatic carbocycles. The van der Waals surface area contributed by atoms with Gasteiger partial charge in [0.1, 0.15) is 0 Å². The first-order valence-corrected chi connectivity index (χ1v) is 10.7. The number of fused-ring (bicyclic) bond motifs is 1. The van der Waals surface area contributed by atoms with Crippen molar-refractivity contribution in [1.82, 2.24) is 15.2 Å². The number of ether oxygens (including phenoxy) is 1. The van der Waals surface area contributed by atoms with Crippen molar-refractivity contribution in [3.05, 3.63) is 52.8 Å². The molecule has 4 rings (SSSR count). The third kappa shape index (κ3) is 4.58. The Morgan fingerprint density at radius 1 is 1.27 bits per heavy atom. The maximum absolute atomic E-state index is 13.4. The molecule has 3 aromatic rings. The fraction of sp³-hybridized carbons (Fsp3) is 0.435. The number of pyridine rings is 1. The minimum absolute atomic E-state index is 0.0530. The van der Waals surface area contributed by atoms with Gasteiger partial charge in [0.05, 0.1) is 60.6 Å². The summed E-state index contributed by atoms with van der Waals surface area (Å²) >= 11 is 0. The molecule has 10 heteroatoms. The predicted octanol–water partition coefficient (Wildman–Crippen LogP) is 4.03. The van der Waals surface area contributed by atoms with Gasteiger partial charge in [-0.15, -0.1) is 5.10 Å². The highest BCUT2D eigenvalue weighted by atomic mass is 19.4. The lowest BCUT2D eigenvalue weighted by Crippen LogP contribution is -2.47. The quantitative estimate of drug-likeness (QED) is 0.594. The number of aliphatic hydroxyl groups is 1. The molecule has 0 radical (unpaired) electrons. The molecule has 0 bridgehead atoms. The van der Waals surface area contributed by atoms with Crippen molar-refractivity contribution < 1.29 is 23.0 Å². The zero-order valence-electron chi connectivity index (χ0n) is 18.6. The zero-order chi connectivity index (χ0) is 23.8. The molecule has 2 aromatic heterocycles. The van der Waals surface area contributed by atoms with Crippen LogP contribution in [0, 0.1) is 13.8 Å². The standard InChI is InChI=1S/C23H26F3N5O2/c1-13-18(5-4-6-20(13)23(24,25)26)14(2)28-22-19-9-16(10-27-21(19)15(3)29-30-22)31-7-8-33-12-17(31)11-32/h4-6,9-10,14,17,32H,7-8,11-12H2,1-3H3,(H,28,30)/t14-,17-/m1/s1. The van der Waals surface area contributed by atoms with Crippen LogP contribution in [0.3, 0.4) is 0 Å². The lowest BCUT2D eigenvalue weighted by molar-refractivity contribution is -0.138. The van der Waals surface area contributed by atoms with Crippen LogP contribution in [0.1, 0.15) is 35.3 Å². The molecular weight excluding hydrogens is 435 g/mol. The second-order valence-electron chi connectivity index (χ2n) is 8.21. The number of anilines is 2. The molecule has 2 N–H and O–H groups in total. The Morgan fingerprint density at radius 3 is 2.79 bits per heavy atom. The van der Waals surface area contributed by atoms with Crippen molar-refractivity contribution in [2.45, 2.75) is 39.0 Å². The maximum atomic E-state index is 13.4. The largest absolute Gasteiger partial charge is 0.416 e. The molecule has 1 aliphatic heterocycles. The average molecular weight is 461 g/mol. The summed E-state index contributed by atoms with van der Waals surface area (Å²) in [6, 6.07) is 5.46. The SMILES string of the molecule is Cc1c([C@@H](C)Nc2nnc(C)c3ncc(N4CCOC[C@H]4CO)cc23)cccc1C(F)(F)F. The second kappa shape index (κ2) is 9.11. The number of hydrogen-bond acceptors (Lipinski definition) is 7. The average Bonchev–Trinajstić information content (AvgIpc) is 2.80. The number of aromatic nitrogens is 3. The van der Waals surface area contributed by atoms with Gasteiger partial charge in [-0.25, -0.2) is 0 Å². The summed E-state index contributed by atoms with van der Waals surface area (Å²) in [4.78, 5) is 6.61. The van der Waals surface area contributed by atoms with E-state index in [2.05, 4.69) is 20.5 Å². The number of aliphatic hydroxyl groups excluding tert-OH is 1. The fourth-order valence-electron chi connectivity index (χ4n) is 4.27. The minimum atomic E-state index is -4.42. The van der Waals surface area contributed by atoms with Crippen LogP contribution in [0.5, 0.6) is 0 Å². The third-order valence-electron chi connectivity index (χ3n) is 6.04. The highest BCUT2D eigenvalue weighted by Gasteiger charge is 2.33. The van der Waals surface area contributed by atoms with E-state index in [0.29, 0.717) is 47.7 Å². The Bertz CT molecular complexity index is 1150. The summed E-state index contributed by atoms with van der Waals surface area (Å²) in [6.07, 6.45) is -2.69. The Labute approximate surface area is 189 Å². The Morgan fingerprint density at radius 2 is 2.06 bits per heavy atom. The molecule has 1 fully saturated rings. The molecule has 0 saturated carbocycles. The van der Waals surface area contributed by atoms with Crippen LogP contribution in [0.15, 0.2) is 30.5 Å². The molecule has 7 nitrogen and oxygen atoms in total. The number of hydrogen-bond donors (Lipinski definition) is 2. The van der Waals surface area contributed by atoms with Gasteiger partial charge in [-0.3, -0.25) is 4.98 Å². The molecule has 2 atom stereocenters. The molecule has 3 heterocycles. The highest BCUT2D eigenvalue weighted by molar-refractivity contribution is 5.92. The van der Waals surface area contributed by atoms with E-state index in [0.717, 1.165) is 11.8 Å². The molecule has 0 unspecified atom stereocenters. The minimum Gasteiger partial charge on any atom is -0.394 e. The monoisotopic (exact) mass is 461 g/mol. The number of benzene rings is 1. The number of halogens is 3. The number of morpholine rings is 1. The van der Waals surface area contributed by atoms with Crippen molar-refractivity contribution >= 4 is 22.4 Å². The van der Waals surface area contributed by atoms with Gasteiger partial charge in [0.25, 0.3) is 0 Å². The summed E-state index contributed by atoms with van der Waals surface area (Å²) in [5.41, 5.74) is 2.15. The van der Waals surface area contributed by atoms with Gasteiger partial charge >= 0.3 is 6.18 Å². The van der Waals surface area contributed by atoms with Gasteiger partial charge in [0, 0.05) is 11.9 Å². The van der Waals surface area contributed by atoms with Gasteiger partial charge < -0.3 is 20.1 Å². The number of aryl methyl sites for hydroxylation is 1. The highest BCUT2D eigenvalue weighted by Crippen LogP contribution is 2.36. The van der Waals surface area contributed by atoms with Gasteiger partial charge in [0.2, 0.25) is 0 Å². The fourth-order valence-corrected chi connectivity index (χ4v) is 4.27. The summed E-state index contributed by atoms with van der Waals surface area (Å²) in [7, 11) is 0. The summed E-state index contributed by atoms with van der Waals surface area (Å²) in [5, 5.41) is 22.1. The molecule has 0 amide bonds. The van der Waals surface area contributed by atoms with Gasteiger partial charge in [-0.2, -0.15) is 18.3 Å². The van der Waals surface area contributed by atoms with E-state index in [1.807, 2.05) is 11.0 Å². The van der Waals surface area contributed by atoms with Crippen LogP contribution in [0.2, 0.25) is 0 Å².